The standard InChI is InChI=1S/C22H21N3O6S/c1-32(28,29)25-14-20(31-19-11-5-4-10-18(19)25)22(27)24-17-9-3-2-8-16(17)21(26)23-13-15-7-6-12-30-15/h2-12,20H,13-14H2,1H3,(H,23,26)(H,24,27)/t20-/m1/s1. The number of carbonyl (C=O) groups excluding carboxylic acids is 2. The number of hydrogen-bond acceptors (Lipinski definition) is 6. The number of nitrogens with one attached hydrogen (secondary N) is 2. The van der Waals surface area contributed by atoms with Gasteiger partial charge < -0.3 is 19.8 Å². The molecule has 10 heteroatoms. The van der Waals surface area contributed by atoms with Crippen LogP contribution >= 0.6 is 0 Å². The molecule has 0 bridgehead atoms. The third kappa shape index (κ3) is 4.59. The molecule has 1 atom stereocenters. The molecular weight excluding hydrogens is 434 g/mol. The quantitative estimate of drug-likeness (QED) is 0.589. The van der Waals surface area contributed by atoms with E-state index in [0.29, 0.717) is 11.4 Å². The summed E-state index contributed by atoms with van der Waals surface area (Å²) >= 11 is 0. The molecule has 0 radical (unpaired) electrons. The van der Waals surface area contributed by atoms with Gasteiger partial charge in [-0.3, -0.25) is 13.9 Å². The fraction of sp³-hybridized carbons (Fsp3) is 0.182. The second-order valence-corrected chi connectivity index (χ2v) is 9.07. The van der Waals surface area contributed by atoms with Gasteiger partial charge in [0.05, 0.1) is 42.5 Å². The topological polar surface area (TPSA) is 118 Å². The third-order valence-electron chi connectivity index (χ3n) is 4.86. The van der Waals surface area contributed by atoms with E-state index in [-0.39, 0.29) is 30.1 Å². The van der Waals surface area contributed by atoms with Gasteiger partial charge in [0.1, 0.15) is 11.5 Å². The maximum absolute atomic E-state index is 13.0. The van der Waals surface area contributed by atoms with Crippen LogP contribution in [0.5, 0.6) is 5.75 Å². The zero-order chi connectivity index (χ0) is 22.7. The van der Waals surface area contributed by atoms with Gasteiger partial charge in [-0.25, -0.2) is 8.42 Å². The first-order chi connectivity index (χ1) is 15.3. The minimum absolute atomic E-state index is 0.186. The molecule has 0 aliphatic carbocycles. The van der Waals surface area contributed by atoms with Crippen LogP contribution < -0.4 is 19.7 Å². The summed E-state index contributed by atoms with van der Waals surface area (Å²) in [6.07, 6.45) is 1.49. The summed E-state index contributed by atoms with van der Waals surface area (Å²) in [5.74, 6) is -0.0896. The zero-order valence-corrected chi connectivity index (χ0v) is 18.0. The first-order valence-corrected chi connectivity index (χ1v) is 11.6. The highest BCUT2D eigenvalue weighted by atomic mass is 32.2. The number of anilines is 2. The Morgan fingerprint density at radius 2 is 1.81 bits per heavy atom. The number of para-hydroxylation sites is 3. The van der Waals surface area contributed by atoms with Gasteiger partial charge in [-0.15, -0.1) is 0 Å². The minimum atomic E-state index is -3.63. The van der Waals surface area contributed by atoms with E-state index >= 15 is 0 Å². The van der Waals surface area contributed by atoms with Crippen LogP contribution in [0.3, 0.4) is 0 Å². The van der Waals surface area contributed by atoms with E-state index in [4.69, 9.17) is 9.15 Å². The third-order valence-corrected chi connectivity index (χ3v) is 6.01. The van der Waals surface area contributed by atoms with E-state index in [0.717, 1.165) is 10.6 Å². The number of carbonyl (C=O) groups is 2. The molecule has 0 spiro atoms. The number of ether oxygens (including phenoxy) is 1. The number of hydrogen-bond donors (Lipinski definition) is 2. The Labute approximate surface area is 185 Å². The van der Waals surface area contributed by atoms with Crippen molar-refractivity contribution in [3.05, 3.63) is 78.3 Å². The fourth-order valence-corrected chi connectivity index (χ4v) is 4.25. The summed E-state index contributed by atoms with van der Waals surface area (Å²) in [6.45, 7) is 0.00842. The van der Waals surface area contributed by atoms with Crippen molar-refractivity contribution >= 4 is 33.2 Å². The SMILES string of the molecule is CS(=O)(=O)N1C[C@H](C(=O)Nc2ccccc2C(=O)NCc2ccco2)Oc2ccccc21. The van der Waals surface area contributed by atoms with Crippen molar-refractivity contribution in [1.29, 1.82) is 0 Å². The van der Waals surface area contributed by atoms with Gasteiger partial charge in [0, 0.05) is 0 Å². The maximum Gasteiger partial charge on any atom is 0.267 e. The van der Waals surface area contributed by atoms with Gasteiger partial charge in [0.25, 0.3) is 11.8 Å². The van der Waals surface area contributed by atoms with Crippen LogP contribution in [0.1, 0.15) is 16.1 Å². The molecule has 2 N–H and O–H groups in total. The summed E-state index contributed by atoms with van der Waals surface area (Å²) in [4.78, 5) is 25.6. The van der Waals surface area contributed by atoms with Crippen LogP contribution in [-0.4, -0.2) is 39.1 Å². The Kier molecular flexibility index (Phi) is 5.87. The Morgan fingerprint density at radius 3 is 2.56 bits per heavy atom. The van der Waals surface area contributed by atoms with Crippen molar-refractivity contribution in [2.45, 2.75) is 12.6 Å². The van der Waals surface area contributed by atoms with E-state index in [1.165, 1.54) is 6.26 Å². The summed E-state index contributed by atoms with van der Waals surface area (Å²) in [7, 11) is -3.63. The molecule has 4 rings (SSSR count). The van der Waals surface area contributed by atoms with Crippen LogP contribution in [-0.2, 0) is 21.4 Å². The van der Waals surface area contributed by atoms with Gasteiger partial charge in [0.15, 0.2) is 6.10 Å². The molecule has 0 saturated heterocycles. The van der Waals surface area contributed by atoms with E-state index < -0.39 is 27.9 Å². The molecule has 32 heavy (non-hydrogen) atoms. The van der Waals surface area contributed by atoms with E-state index in [1.807, 2.05) is 0 Å². The highest BCUT2D eigenvalue weighted by molar-refractivity contribution is 7.92. The predicted molar refractivity (Wildman–Crippen MR) is 118 cm³/mol. The zero-order valence-electron chi connectivity index (χ0n) is 17.1. The molecule has 1 aliphatic heterocycles. The largest absolute Gasteiger partial charge is 0.476 e. The molecule has 0 saturated carbocycles. The van der Waals surface area contributed by atoms with E-state index in [9.17, 15) is 18.0 Å². The molecule has 2 aromatic carbocycles. The number of benzene rings is 2. The Bertz CT molecular complexity index is 1240. The summed E-state index contributed by atoms with van der Waals surface area (Å²) in [5.41, 5.74) is 0.906. The first kappa shape index (κ1) is 21.4. The molecule has 166 valence electrons. The van der Waals surface area contributed by atoms with Crippen LogP contribution in [0, 0.1) is 0 Å². The van der Waals surface area contributed by atoms with Gasteiger partial charge in [0.2, 0.25) is 10.0 Å². The highest BCUT2D eigenvalue weighted by Crippen LogP contribution is 2.34. The number of amides is 2. The Morgan fingerprint density at radius 1 is 1.06 bits per heavy atom. The number of sulfonamides is 1. The lowest BCUT2D eigenvalue weighted by Gasteiger charge is -2.33. The number of rotatable bonds is 6. The molecular formula is C22H21N3O6S. The highest BCUT2D eigenvalue weighted by Gasteiger charge is 2.35. The Hall–Kier alpha value is -3.79. The smallest absolute Gasteiger partial charge is 0.267 e. The van der Waals surface area contributed by atoms with Gasteiger partial charge >= 0.3 is 0 Å². The van der Waals surface area contributed by atoms with Crippen LogP contribution in [0.25, 0.3) is 0 Å². The molecule has 0 fully saturated rings. The van der Waals surface area contributed by atoms with Crippen LogP contribution in [0.4, 0.5) is 11.4 Å². The maximum atomic E-state index is 13.0. The summed E-state index contributed by atoms with van der Waals surface area (Å²) in [5, 5.41) is 5.42. The van der Waals surface area contributed by atoms with Gasteiger partial charge in [-0.1, -0.05) is 24.3 Å². The predicted octanol–water partition coefficient (Wildman–Crippen LogP) is 2.38. The van der Waals surface area contributed by atoms with Crippen molar-refractivity contribution in [2.24, 2.45) is 0 Å². The summed E-state index contributed by atoms with van der Waals surface area (Å²) in [6, 6.07) is 16.6. The average molecular weight is 455 g/mol. The van der Waals surface area contributed by atoms with Crippen LogP contribution in [0.15, 0.2) is 71.3 Å². The fourth-order valence-electron chi connectivity index (χ4n) is 3.33. The van der Waals surface area contributed by atoms with Crippen molar-refractivity contribution in [3.8, 4) is 5.75 Å². The number of furan rings is 1. The van der Waals surface area contributed by atoms with Crippen molar-refractivity contribution in [3.63, 3.8) is 0 Å². The normalized spacial score (nSPS) is 15.4. The molecule has 1 aromatic heterocycles. The minimum Gasteiger partial charge on any atom is -0.476 e. The average Bonchev–Trinajstić information content (AvgIpc) is 3.30. The number of fused-ring (bicyclic) bond motifs is 1. The van der Waals surface area contributed by atoms with Crippen LogP contribution in [0.2, 0.25) is 0 Å². The number of nitrogens with zero attached hydrogens (tertiary/aromatic N) is 1. The molecule has 3 aromatic rings. The van der Waals surface area contributed by atoms with Gasteiger partial charge in [-0.2, -0.15) is 0 Å². The summed E-state index contributed by atoms with van der Waals surface area (Å²) < 4.78 is 36.6. The first-order valence-electron chi connectivity index (χ1n) is 9.77. The van der Waals surface area contributed by atoms with E-state index in [1.54, 1.807) is 60.7 Å². The molecule has 2 heterocycles. The molecule has 9 nitrogen and oxygen atoms in total. The van der Waals surface area contributed by atoms with Crippen molar-refractivity contribution in [2.75, 3.05) is 22.4 Å². The monoisotopic (exact) mass is 455 g/mol. The molecule has 1 aliphatic rings. The lowest BCUT2D eigenvalue weighted by molar-refractivity contribution is -0.122. The molecule has 2 amide bonds. The lowest BCUT2D eigenvalue weighted by atomic mass is 10.1. The lowest BCUT2D eigenvalue weighted by Crippen LogP contribution is -2.48. The van der Waals surface area contributed by atoms with E-state index in [2.05, 4.69) is 10.6 Å². The van der Waals surface area contributed by atoms with Crippen molar-refractivity contribution in [1.82, 2.24) is 5.32 Å². The molecule has 0 unspecified atom stereocenters. The Balaban J connectivity index is 1.51. The van der Waals surface area contributed by atoms with Gasteiger partial charge in [-0.05, 0) is 36.4 Å². The second-order valence-electron chi connectivity index (χ2n) is 7.17. The van der Waals surface area contributed by atoms with Crippen molar-refractivity contribution < 1.29 is 27.2 Å². The second kappa shape index (κ2) is 8.75.